The molecule has 9 nitrogen and oxygen atoms in total. The highest BCUT2D eigenvalue weighted by Gasteiger charge is 2.31. The van der Waals surface area contributed by atoms with Crippen LogP contribution in [0.5, 0.6) is 0 Å². The Morgan fingerprint density at radius 1 is 1.09 bits per heavy atom. The summed E-state index contributed by atoms with van der Waals surface area (Å²) in [5.74, 6) is -2.11. The third-order valence-corrected chi connectivity index (χ3v) is 5.42. The number of nitrogens with one attached hydrogen (secondary N) is 4. The van der Waals surface area contributed by atoms with Crippen LogP contribution in [0.1, 0.15) is 51.6 Å². The number of carbonyl (C=O) groups is 5. The lowest BCUT2D eigenvalue weighted by Crippen LogP contribution is -2.53. The molecule has 32 heavy (non-hydrogen) atoms. The first-order valence-electron chi connectivity index (χ1n) is 10.9. The lowest BCUT2D eigenvalue weighted by atomic mass is 9.91. The normalized spacial score (nSPS) is 18.6. The zero-order valence-electron chi connectivity index (χ0n) is 18.7. The van der Waals surface area contributed by atoms with E-state index in [4.69, 9.17) is 0 Å². The molecule has 4 atom stereocenters. The number of hydrogen-bond acceptors (Lipinski definition) is 5. The predicted molar refractivity (Wildman–Crippen MR) is 118 cm³/mol. The van der Waals surface area contributed by atoms with Gasteiger partial charge in [-0.2, -0.15) is 0 Å². The Morgan fingerprint density at radius 2 is 1.78 bits per heavy atom. The highest BCUT2D eigenvalue weighted by atomic mass is 16.2. The first kappa shape index (κ1) is 25.0. The molecular formula is C23H32N4O5. The van der Waals surface area contributed by atoms with Gasteiger partial charge in [-0.15, -0.1) is 0 Å². The maximum atomic E-state index is 13.1. The summed E-state index contributed by atoms with van der Waals surface area (Å²) in [6.45, 7) is 5.51. The zero-order chi connectivity index (χ0) is 23.7. The van der Waals surface area contributed by atoms with Crippen molar-refractivity contribution in [2.75, 3.05) is 6.54 Å². The second kappa shape index (κ2) is 12.0. The molecule has 0 aliphatic carbocycles. The Kier molecular flexibility index (Phi) is 9.37. The first-order chi connectivity index (χ1) is 15.2. The van der Waals surface area contributed by atoms with Crippen LogP contribution >= 0.6 is 0 Å². The molecule has 1 fully saturated rings. The molecular weight excluding hydrogens is 412 g/mol. The van der Waals surface area contributed by atoms with Gasteiger partial charge in [0.25, 0.3) is 0 Å². The van der Waals surface area contributed by atoms with Crippen LogP contribution in [0.3, 0.4) is 0 Å². The minimum atomic E-state index is -1.07. The van der Waals surface area contributed by atoms with Crippen molar-refractivity contribution in [2.24, 2.45) is 11.8 Å². The lowest BCUT2D eigenvalue weighted by molar-refractivity contribution is -0.133. The summed E-state index contributed by atoms with van der Waals surface area (Å²) in [5.41, 5.74) is 0.531. The van der Waals surface area contributed by atoms with Gasteiger partial charge in [0.1, 0.15) is 18.4 Å². The predicted octanol–water partition coefficient (Wildman–Crippen LogP) is 0.605. The molecule has 1 aliphatic rings. The molecule has 174 valence electrons. The van der Waals surface area contributed by atoms with Crippen molar-refractivity contribution in [3.05, 3.63) is 35.9 Å². The minimum absolute atomic E-state index is 0.125. The number of carbonyl (C=O) groups excluding carboxylic acids is 5. The van der Waals surface area contributed by atoms with Gasteiger partial charge in [0.05, 0.1) is 6.04 Å². The van der Waals surface area contributed by atoms with Crippen LogP contribution in [0.25, 0.3) is 0 Å². The smallest absolute Gasteiger partial charge is 0.247 e. The van der Waals surface area contributed by atoms with E-state index in [0.717, 1.165) is 6.42 Å². The maximum absolute atomic E-state index is 13.1. The summed E-state index contributed by atoms with van der Waals surface area (Å²) in [6, 6.07) is 5.88. The van der Waals surface area contributed by atoms with Crippen molar-refractivity contribution < 1.29 is 24.0 Å². The average molecular weight is 445 g/mol. The number of aldehydes is 1. The fourth-order valence-corrected chi connectivity index (χ4v) is 3.71. The molecule has 0 saturated carbocycles. The van der Waals surface area contributed by atoms with E-state index < -0.39 is 29.9 Å². The molecule has 1 heterocycles. The second-order valence-electron chi connectivity index (χ2n) is 8.39. The quantitative estimate of drug-likeness (QED) is 0.392. The molecule has 1 saturated heterocycles. The van der Waals surface area contributed by atoms with E-state index in [0.29, 0.717) is 24.8 Å². The highest BCUT2D eigenvalue weighted by Crippen LogP contribution is 2.19. The van der Waals surface area contributed by atoms with Crippen LogP contribution in [0.15, 0.2) is 30.3 Å². The number of rotatable bonds is 10. The second-order valence-corrected chi connectivity index (χ2v) is 8.39. The molecule has 1 unspecified atom stereocenters. The van der Waals surface area contributed by atoms with Gasteiger partial charge in [-0.3, -0.25) is 19.2 Å². The number of hydrogen-bond donors (Lipinski definition) is 4. The third kappa shape index (κ3) is 7.18. The molecule has 1 aromatic carbocycles. The van der Waals surface area contributed by atoms with Gasteiger partial charge in [0, 0.05) is 19.4 Å². The summed E-state index contributed by atoms with van der Waals surface area (Å²) < 4.78 is 0. The van der Waals surface area contributed by atoms with E-state index in [9.17, 15) is 24.0 Å². The van der Waals surface area contributed by atoms with E-state index >= 15 is 0 Å². The molecule has 1 aliphatic heterocycles. The largest absolute Gasteiger partial charge is 0.356 e. The van der Waals surface area contributed by atoms with Gasteiger partial charge in [-0.1, -0.05) is 44.2 Å². The molecule has 0 aromatic heterocycles. The Bertz CT molecular complexity index is 827. The number of benzene rings is 1. The number of piperidine rings is 1. The molecule has 2 rings (SSSR count). The average Bonchev–Trinajstić information content (AvgIpc) is 2.76. The standard InChI is InChI=1S/C23H32N4O5/c1-14(2)19(25-15(3)29)22(31)27-20(16-8-5-4-6-9-16)23(32)26-18(13-28)12-17-10-7-11-24-21(17)30/h4-6,8-9,13-14,17-20H,7,10-12H2,1-3H3,(H,24,30)(H,25,29)(H,26,32)(H,27,31)/t17?,18-,19-,20-/m0/s1. The van der Waals surface area contributed by atoms with E-state index in [1.165, 1.54) is 6.92 Å². The zero-order valence-corrected chi connectivity index (χ0v) is 18.7. The van der Waals surface area contributed by atoms with Crippen molar-refractivity contribution >= 4 is 29.9 Å². The highest BCUT2D eigenvalue weighted by molar-refractivity contribution is 5.93. The lowest BCUT2D eigenvalue weighted by Gasteiger charge is -2.27. The van der Waals surface area contributed by atoms with Gasteiger partial charge in [0.15, 0.2) is 0 Å². The molecule has 0 spiro atoms. The van der Waals surface area contributed by atoms with Gasteiger partial charge in [0.2, 0.25) is 23.6 Å². The minimum Gasteiger partial charge on any atom is -0.356 e. The SMILES string of the molecule is CC(=O)N[C@H](C(=O)N[C@H](C(=O)N[C@H](C=O)CC1CCCNC1=O)c1ccccc1)C(C)C. The van der Waals surface area contributed by atoms with Crippen molar-refractivity contribution in [1.29, 1.82) is 0 Å². The van der Waals surface area contributed by atoms with Crippen molar-refractivity contribution in [2.45, 2.75) is 58.2 Å². The van der Waals surface area contributed by atoms with Crippen molar-refractivity contribution in [1.82, 2.24) is 21.3 Å². The Balaban J connectivity index is 2.17. The van der Waals surface area contributed by atoms with Crippen LogP contribution in [-0.2, 0) is 24.0 Å². The van der Waals surface area contributed by atoms with Crippen LogP contribution in [-0.4, -0.2) is 48.5 Å². The molecule has 0 bridgehead atoms. The molecule has 0 radical (unpaired) electrons. The Hall–Kier alpha value is -3.23. The Labute approximate surface area is 188 Å². The van der Waals surface area contributed by atoms with Crippen molar-refractivity contribution in [3.63, 3.8) is 0 Å². The van der Waals surface area contributed by atoms with Crippen LogP contribution in [0, 0.1) is 11.8 Å². The van der Waals surface area contributed by atoms with E-state index in [-0.39, 0.29) is 30.1 Å². The van der Waals surface area contributed by atoms with Crippen molar-refractivity contribution in [3.8, 4) is 0 Å². The number of amides is 4. The van der Waals surface area contributed by atoms with Crippen LogP contribution < -0.4 is 21.3 Å². The van der Waals surface area contributed by atoms with Gasteiger partial charge in [-0.25, -0.2) is 0 Å². The van der Waals surface area contributed by atoms with Crippen LogP contribution in [0.4, 0.5) is 0 Å². The summed E-state index contributed by atoms with van der Waals surface area (Å²) in [7, 11) is 0. The summed E-state index contributed by atoms with van der Waals surface area (Å²) in [4.78, 5) is 61.2. The summed E-state index contributed by atoms with van der Waals surface area (Å²) >= 11 is 0. The summed E-state index contributed by atoms with van der Waals surface area (Å²) in [5, 5.41) is 10.7. The van der Waals surface area contributed by atoms with Crippen LogP contribution in [0.2, 0.25) is 0 Å². The van der Waals surface area contributed by atoms with Gasteiger partial charge in [-0.05, 0) is 30.7 Å². The van der Waals surface area contributed by atoms with Gasteiger partial charge >= 0.3 is 0 Å². The summed E-state index contributed by atoms with van der Waals surface area (Å²) in [6.07, 6.45) is 2.27. The molecule has 1 aromatic rings. The monoisotopic (exact) mass is 444 g/mol. The molecule has 4 amide bonds. The molecule has 9 heteroatoms. The van der Waals surface area contributed by atoms with E-state index in [1.807, 2.05) is 0 Å². The van der Waals surface area contributed by atoms with E-state index in [2.05, 4.69) is 21.3 Å². The fourth-order valence-electron chi connectivity index (χ4n) is 3.71. The van der Waals surface area contributed by atoms with E-state index in [1.54, 1.807) is 44.2 Å². The third-order valence-electron chi connectivity index (χ3n) is 5.42. The first-order valence-corrected chi connectivity index (χ1v) is 10.9. The fraction of sp³-hybridized carbons (Fsp3) is 0.522. The molecule has 4 N–H and O–H groups in total. The van der Waals surface area contributed by atoms with Gasteiger partial charge < -0.3 is 26.1 Å². The maximum Gasteiger partial charge on any atom is 0.247 e. The topological polar surface area (TPSA) is 133 Å². The Morgan fingerprint density at radius 3 is 2.34 bits per heavy atom.